The van der Waals surface area contributed by atoms with Gasteiger partial charge in [0, 0.05) is 51.5 Å². The fourth-order valence-electron chi connectivity index (χ4n) is 5.02. The summed E-state index contributed by atoms with van der Waals surface area (Å²) in [4.78, 5) is 45.6. The summed E-state index contributed by atoms with van der Waals surface area (Å²) < 4.78 is 0. The average molecular weight is 399 g/mol. The number of fused-ring (bicyclic) bond motifs is 1. The van der Waals surface area contributed by atoms with Crippen LogP contribution in [-0.4, -0.2) is 65.2 Å². The number of rotatable bonds is 3. The molecule has 0 radical (unpaired) electrons. The topological polar surface area (TPSA) is 82.6 Å². The molecule has 0 bridgehead atoms. The summed E-state index contributed by atoms with van der Waals surface area (Å²) in [6.07, 6.45) is 5.65. The Balaban J connectivity index is 1.37. The maximum Gasteiger partial charge on any atom is 0.232 e. The Kier molecular flexibility index (Phi) is 5.32. The molecule has 7 heteroatoms. The molecule has 0 spiro atoms. The van der Waals surface area contributed by atoms with Gasteiger partial charge in [0.15, 0.2) is 0 Å². The Hall–Kier alpha value is -2.44. The van der Waals surface area contributed by atoms with Crippen LogP contribution >= 0.6 is 0 Å². The van der Waals surface area contributed by atoms with Crippen molar-refractivity contribution >= 4 is 17.7 Å². The van der Waals surface area contributed by atoms with Gasteiger partial charge in [0.25, 0.3) is 0 Å². The third kappa shape index (κ3) is 3.87. The van der Waals surface area contributed by atoms with E-state index in [0.29, 0.717) is 24.8 Å². The first kappa shape index (κ1) is 19.9. The molecule has 3 atom stereocenters. The first-order valence-electron chi connectivity index (χ1n) is 10.6. The van der Waals surface area contributed by atoms with Crippen LogP contribution in [0.4, 0.5) is 0 Å². The van der Waals surface area contributed by atoms with Gasteiger partial charge in [-0.05, 0) is 50.2 Å². The molecule has 0 unspecified atom stereocenters. The second-order valence-electron chi connectivity index (χ2n) is 9.20. The smallest absolute Gasteiger partial charge is 0.232 e. The normalized spacial score (nSPS) is 27.4. The first-order chi connectivity index (χ1) is 13.9. The van der Waals surface area contributed by atoms with Gasteiger partial charge in [-0.15, -0.1) is 0 Å². The van der Waals surface area contributed by atoms with Gasteiger partial charge in [-0.3, -0.25) is 19.4 Å². The Morgan fingerprint density at radius 3 is 2.38 bits per heavy atom. The van der Waals surface area contributed by atoms with Crippen molar-refractivity contribution in [1.29, 1.82) is 0 Å². The molecule has 1 aromatic rings. The molecule has 0 aromatic carbocycles. The van der Waals surface area contributed by atoms with Crippen LogP contribution in [0.25, 0.3) is 0 Å². The fraction of sp³-hybridized carbons (Fsp3) is 0.636. The lowest BCUT2D eigenvalue weighted by molar-refractivity contribution is -0.137. The lowest BCUT2D eigenvalue weighted by atomic mass is 9.84. The largest absolute Gasteiger partial charge is 0.355 e. The second-order valence-corrected chi connectivity index (χ2v) is 9.20. The Bertz CT molecular complexity index is 779. The van der Waals surface area contributed by atoms with Crippen LogP contribution < -0.4 is 5.32 Å². The highest BCUT2D eigenvalue weighted by Crippen LogP contribution is 2.35. The first-order valence-corrected chi connectivity index (χ1v) is 10.6. The van der Waals surface area contributed by atoms with Crippen LogP contribution in [0.5, 0.6) is 0 Å². The Morgan fingerprint density at radius 1 is 1.14 bits per heavy atom. The maximum atomic E-state index is 13.3. The third-order valence-electron chi connectivity index (χ3n) is 6.96. The number of nitrogens with zero attached hydrogens (tertiary/aromatic N) is 3. The molecule has 156 valence electrons. The van der Waals surface area contributed by atoms with Crippen molar-refractivity contribution in [1.82, 2.24) is 20.1 Å². The van der Waals surface area contributed by atoms with Crippen LogP contribution in [0.1, 0.15) is 38.7 Å². The van der Waals surface area contributed by atoms with Crippen molar-refractivity contribution in [3.63, 3.8) is 0 Å². The zero-order chi connectivity index (χ0) is 20.6. The summed E-state index contributed by atoms with van der Waals surface area (Å²) in [5, 5.41) is 2.76. The summed E-state index contributed by atoms with van der Waals surface area (Å²) in [6, 6.07) is 3.84. The van der Waals surface area contributed by atoms with E-state index in [9.17, 15) is 14.4 Å². The lowest BCUT2D eigenvalue weighted by Gasteiger charge is -2.30. The number of aromatic nitrogens is 1. The van der Waals surface area contributed by atoms with E-state index in [0.717, 1.165) is 44.6 Å². The molecule has 3 aliphatic rings. The molecule has 0 saturated carbocycles. The molecule has 7 nitrogen and oxygen atoms in total. The molecule has 29 heavy (non-hydrogen) atoms. The van der Waals surface area contributed by atoms with Gasteiger partial charge in [-0.25, -0.2) is 0 Å². The van der Waals surface area contributed by atoms with E-state index >= 15 is 0 Å². The fourth-order valence-corrected chi connectivity index (χ4v) is 5.02. The number of carbonyl (C=O) groups excluding carboxylic acids is 3. The highest BCUT2D eigenvalue weighted by molar-refractivity contribution is 5.89. The molecule has 3 fully saturated rings. The highest BCUT2D eigenvalue weighted by atomic mass is 16.2. The minimum atomic E-state index is -0.595. The summed E-state index contributed by atoms with van der Waals surface area (Å²) in [5.41, 5.74) is 0.343. The average Bonchev–Trinajstić information content (AvgIpc) is 3.29. The van der Waals surface area contributed by atoms with E-state index in [4.69, 9.17) is 0 Å². The maximum absolute atomic E-state index is 13.3. The Labute approximate surface area is 171 Å². The van der Waals surface area contributed by atoms with Gasteiger partial charge in [0.2, 0.25) is 17.7 Å². The van der Waals surface area contributed by atoms with E-state index in [1.165, 1.54) is 0 Å². The van der Waals surface area contributed by atoms with E-state index in [1.54, 1.807) is 12.4 Å². The van der Waals surface area contributed by atoms with Crippen molar-refractivity contribution in [2.24, 2.45) is 17.8 Å². The van der Waals surface area contributed by atoms with Crippen molar-refractivity contribution in [3.8, 4) is 0 Å². The number of nitrogens with one attached hydrogen (secondary N) is 1. The molecule has 0 aliphatic carbocycles. The summed E-state index contributed by atoms with van der Waals surface area (Å²) in [6.45, 7) is 7.37. The number of carbonyl (C=O) groups is 3. The van der Waals surface area contributed by atoms with Crippen molar-refractivity contribution < 1.29 is 14.4 Å². The monoisotopic (exact) mass is 398 g/mol. The predicted octanol–water partition coefficient (Wildman–Crippen LogP) is 1.19. The van der Waals surface area contributed by atoms with E-state index in [1.807, 2.05) is 35.8 Å². The molecule has 1 N–H and O–H groups in total. The molecule has 4 rings (SSSR count). The van der Waals surface area contributed by atoms with Crippen LogP contribution in [0.3, 0.4) is 0 Å². The summed E-state index contributed by atoms with van der Waals surface area (Å²) in [5.74, 6) is 0.893. The molecule has 4 heterocycles. The zero-order valence-electron chi connectivity index (χ0n) is 17.3. The Morgan fingerprint density at radius 2 is 1.83 bits per heavy atom. The molecular formula is C22H30N4O3. The standard InChI is InChI=1S/C22H30N4O3/c1-22(2,18-4-3-7-23-12-18)21(29)26-13-15-5-8-25(9-6-16(15)14-26)20(28)17-10-19(27)24-11-17/h3-4,7,12,15-17H,5-6,8-11,13-14H2,1-2H3,(H,24,27)/t15-,16+,17-/m0/s1. The van der Waals surface area contributed by atoms with Crippen molar-refractivity contribution in [2.75, 3.05) is 32.7 Å². The molecule has 1 aromatic heterocycles. The van der Waals surface area contributed by atoms with Gasteiger partial charge in [0.1, 0.15) is 0 Å². The third-order valence-corrected chi connectivity index (χ3v) is 6.96. The molecule has 3 aliphatic heterocycles. The number of hydrogen-bond acceptors (Lipinski definition) is 4. The van der Waals surface area contributed by atoms with E-state index in [2.05, 4.69) is 10.3 Å². The lowest BCUT2D eigenvalue weighted by Crippen LogP contribution is -2.43. The zero-order valence-corrected chi connectivity index (χ0v) is 17.3. The number of hydrogen-bond donors (Lipinski definition) is 1. The van der Waals surface area contributed by atoms with Crippen LogP contribution in [-0.2, 0) is 19.8 Å². The van der Waals surface area contributed by atoms with Gasteiger partial charge in [-0.2, -0.15) is 0 Å². The summed E-state index contributed by atoms with van der Waals surface area (Å²) >= 11 is 0. The van der Waals surface area contributed by atoms with Gasteiger partial charge < -0.3 is 15.1 Å². The molecule has 3 amide bonds. The number of amides is 3. The number of pyridine rings is 1. The molecular weight excluding hydrogens is 368 g/mol. The summed E-state index contributed by atoms with van der Waals surface area (Å²) in [7, 11) is 0. The quantitative estimate of drug-likeness (QED) is 0.829. The van der Waals surface area contributed by atoms with E-state index < -0.39 is 5.41 Å². The van der Waals surface area contributed by atoms with Gasteiger partial charge >= 0.3 is 0 Å². The van der Waals surface area contributed by atoms with Crippen LogP contribution in [0, 0.1) is 17.8 Å². The van der Waals surface area contributed by atoms with Gasteiger partial charge in [-0.1, -0.05) is 6.07 Å². The van der Waals surface area contributed by atoms with Gasteiger partial charge in [0.05, 0.1) is 11.3 Å². The van der Waals surface area contributed by atoms with E-state index in [-0.39, 0.29) is 23.6 Å². The van der Waals surface area contributed by atoms with Crippen molar-refractivity contribution in [3.05, 3.63) is 30.1 Å². The predicted molar refractivity (Wildman–Crippen MR) is 108 cm³/mol. The molecule has 3 saturated heterocycles. The highest BCUT2D eigenvalue weighted by Gasteiger charge is 2.43. The SMILES string of the molecule is CC(C)(C(=O)N1C[C@H]2CCN(C(=O)[C@@H]3CNC(=O)C3)CC[C@H]2C1)c1cccnc1. The van der Waals surface area contributed by atoms with Crippen molar-refractivity contribution in [2.45, 2.75) is 38.5 Å². The van der Waals surface area contributed by atoms with Crippen LogP contribution in [0.15, 0.2) is 24.5 Å². The van der Waals surface area contributed by atoms with Crippen LogP contribution in [0.2, 0.25) is 0 Å². The second kappa shape index (κ2) is 7.76. The minimum absolute atomic E-state index is 0.0274. The minimum Gasteiger partial charge on any atom is -0.355 e. The number of likely N-dealkylation sites (tertiary alicyclic amines) is 2.